The second-order valence-electron chi connectivity index (χ2n) is 9.79. The lowest BCUT2D eigenvalue weighted by molar-refractivity contribution is -0.146. The first-order valence-corrected chi connectivity index (χ1v) is 12.3. The van der Waals surface area contributed by atoms with Crippen LogP contribution in [0.15, 0.2) is 48.5 Å². The van der Waals surface area contributed by atoms with E-state index in [0.29, 0.717) is 39.1 Å². The fourth-order valence-electron chi connectivity index (χ4n) is 5.46. The van der Waals surface area contributed by atoms with Crippen LogP contribution < -0.4 is 10.6 Å². The first kappa shape index (κ1) is 23.4. The van der Waals surface area contributed by atoms with E-state index in [0.717, 1.165) is 12.8 Å². The number of fused-ring (bicyclic) bond motifs is 3. The minimum atomic E-state index is -0.790. The molecule has 0 radical (unpaired) electrons. The number of carboxylic acid groups (broad SMARTS) is 1. The molecular weight excluding hydrogens is 446 g/mol. The van der Waals surface area contributed by atoms with Gasteiger partial charge in [0.15, 0.2) is 0 Å². The van der Waals surface area contributed by atoms with Gasteiger partial charge in [0, 0.05) is 31.1 Å². The van der Waals surface area contributed by atoms with Gasteiger partial charge in [0.2, 0.25) is 5.91 Å². The van der Waals surface area contributed by atoms with Crippen LogP contribution in [-0.2, 0) is 14.3 Å². The molecule has 2 fully saturated rings. The predicted molar refractivity (Wildman–Crippen MR) is 130 cm³/mol. The highest BCUT2D eigenvalue weighted by molar-refractivity contribution is 5.80. The van der Waals surface area contributed by atoms with E-state index in [9.17, 15) is 14.4 Å². The molecule has 184 valence electrons. The van der Waals surface area contributed by atoms with Crippen LogP contribution in [0, 0.1) is 5.92 Å². The molecule has 0 unspecified atom stereocenters. The third-order valence-electron chi connectivity index (χ3n) is 7.47. The monoisotopic (exact) mass is 477 g/mol. The molecule has 0 spiro atoms. The zero-order valence-electron chi connectivity index (χ0n) is 19.6. The number of hydrogen-bond acceptors (Lipinski definition) is 5. The van der Waals surface area contributed by atoms with Gasteiger partial charge < -0.3 is 20.5 Å². The number of carbonyl (C=O) groups excluding carboxylic acids is 2. The molecule has 2 aromatic rings. The number of alkyl carbamates (subject to hydrolysis) is 1. The number of benzene rings is 2. The first-order chi connectivity index (χ1) is 17.0. The number of likely N-dealkylation sites (tertiary alicyclic amines) is 1. The highest BCUT2D eigenvalue weighted by atomic mass is 16.5. The van der Waals surface area contributed by atoms with Crippen molar-refractivity contribution in [3.63, 3.8) is 0 Å². The number of piperidine rings is 1. The van der Waals surface area contributed by atoms with Gasteiger partial charge in [0.1, 0.15) is 6.61 Å². The Labute approximate surface area is 204 Å². The second kappa shape index (κ2) is 10.1. The lowest BCUT2D eigenvalue weighted by atomic mass is 9.80. The maximum atomic E-state index is 12.5. The van der Waals surface area contributed by atoms with Crippen molar-refractivity contribution >= 4 is 18.0 Å². The molecule has 2 amide bonds. The quantitative estimate of drug-likeness (QED) is 0.566. The van der Waals surface area contributed by atoms with Crippen LogP contribution in [0.3, 0.4) is 0 Å². The number of carbonyl (C=O) groups is 3. The van der Waals surface area contributed by atoms with Crippen LogP contribution in [0.25, 0.3) is 11.1 Å². The number of ether oxygens (including phenoxy) is 1. The minimum absolute atomic E-state index is 0.0212. The van der Waals surface area contributed by atoms with Crippen molar-refractivity contribution in [2.45, 2.75) is 43.7 Å². The third-order valence-corrected chi connectivity index (χ3v) is 7.47. The zero-order chi connectivity index (χ0) is 24.4. The Morgan fingerprint density at radius 3 is 2.09 bits per heavy atom. The molecule has 0 bridgehead atoms. The van der Waals surface area contributed by atoms with Crippen molar-refractivity contribution in [2.24, 2.45) is 5.92 Å². The van der Waals surface area contributed by atoms with E-state index in [1.165, 1.54) is 22.3 Å². The summed E-state index contributed by atoms with van der Waals surface area (Å²) in [4.78, 5) is 37.7. The standard InChI is InChI=1S/C27H31N3O5/c31-25(28-19-13-17(14-19)26(32)33)15-30-11-9-18(10-12-30)29-27(34)35-16-24-22-7-3-1-5-20(22)21-6-2-4-8-23(21)24/h1-8,17-19,24H,9-16H2,(H,28,31)(H,29,34)(H,32,33). The molecule has 1 saturated carbocycles. The zero-order valence-corrected chi connectivity index (χ0v) is 19.6. The van der Waals surface area contributed by atoms with E-state index >= 15 is 0 Å². The Balaban J connectivity index is 1.04. The molecule has 0 aromatic heterocycles. The number of nitrogens with zero attached hydrogens (tertiary/aromatic N) is 1. The van der Waals surface area contributed by atoms with E-state index in [1.807, 2.05) is 24.3 Å². The average Bonchev–Trinajstić information content (AvgIpc) is 3.14. The van der Waals surface area contributed by atoms with Gasteiger partial charge in [-0.15, -0.1) is 0 Å². The third kappa shape index (κ3) is 5.17. The van der Waals surface area contributed by atoms with E-state index in [2.05, 4.69) is 39.8 Å². The SMILES string of the molecule is O=C(CN1CCC(NC(=O)OCC2c3ccccc3-c3ccccc32)CC1)NC1CC(C(=O)O)C1. The van der Waals surface area contributed by atoms with Gasteiger partial charge in [-0.2, -0.15) is 0 Å². The molecule has 2 aliphatic carbocycles. The van der Waals surface area contributed by atoms with Crippen molar-refractivity contribution in [3.8, 4) is 11.1 Å². The van der Waals surface area contributed by atoms with Crippen LogP contribution in [-0.4, -0.2) is 66.3 Å². The van der Waals surface area contributed by atoms with Gasteiger partial charge in [-0.3, -0.25) is 14.5 Å². The van der Waals surface area contributed by atoms with Crippen molar-refractivity contribution in [1.29, 1.82) is 0 Å². The van der Waals surface area contributed by atoms with E-state index < -0.39 is 12.1 Å². The van der Waals surface area contributed by atoms with Crippen LogP contribution in [0.1, 0.15) is 42.7 Å². The molecule has 3 aliphatic rings. The fraction of sp³-hybridized carbons (Fsp3) is 0.444. The van der Waals surface area contributed by atoms with Gasteiger partial charge in [-0.05, 0) is 47.9 Å². The maximum absolute atomic E-state index is 12.5. The predicted octanol–water partition coefficient (Wildman–Crippen LogP) is 2.97. The Bertz CT molecular complexity index is 1060. The average molecular weight is 478 g/mol. The summed E-state index contributed by atoms with van der Waals surface area (Å²) in [7, 11) is 0. The minimum Gasteiger partial charge on any atom is -0.481 e. The summed E-state index contributed by atoms with van der Waals surface area (Å²) >= 11 is 0. The van der Waals surface area contributed by atoms with E-state index in [1.54, 1.807) is 0 Å². The number of rotatable bonds is 7. The summed E-state index contributed by atoms with van der Waals surface area (Å²) in [6.07, 6.45) is 2.12. The summed E-state index contributed by atoms with van der Waals surface area (Å²) in [6, 6.07) is 16.5. The van der Waals surface area contributed by atoms with Crippen molar-refractivity contribution < 1.29 is 24.2 Å². The number of carboxylic acids is 1. The first-order valence-electron chi connectivity index (χ1n) is 12.3. The molecule has 3 N–H and O–H groups in total. The molecule has 1 saturated heterocycles. The number of amides is 2. The molecule has 2 aromatic carbocycles. The summed E-state index contributed by atoms with van der Waals surface area (Å²) in [6.45, 7) is 2.02. The number of hydrogen-bond donors (Lipinski definition) is 3. The number of aliphatic carboxylic acids is 1. The van der Waals surface area contributed by atoms with Gasteiger partial charge in [-0.1, -0.05) is 48.5 Å². The van der Waals surface area contributed by atoms with Crippen LogP contribution in [0.5, 0.6) is 0 Å². The Hall–Kier alpha value is -3.39. The van der Waals surface area contributed by atoms with E-state index in [4.69, 9.17) is 9.84 Å². The van der Waals surface area contributed by atoms with Crippen molar-refractivity contribution in [1.82, 2.24) is 15.5 Å². The summed E-state index contributed by atoms with van der Waals surface area (Å²) in [5, 5.41) is 14.8. The second-order valence-corrected chi connectivity index (χ2v) is 9.79. The molecule has 5 rings (SSSR count). The van der Waals surface area contributed by atoms with Crippen LogP contribution in [0.4, 0.5) is 4.79 Å². The number of nitrogens with one attached hydrogen (secondary N) is 2. The van der Waals surface area contributed by atoms with Gasteiger partial charge in [0.05, 0.1) is 12.5 Å². The molecule has 8 nitrogen and oxygen atoms in total. The van der Waals surface area contributed by atoms with Gasteiger partial charge in [0.25, 0.3) is 0 Å². The Morgan fingerprint density at radius 2 is 1.49 bits per heavy atom. The molecular formula is C27H31N3O5. The lowest BCUT2D eigenvalue weighted by Gasteiger charge is -2.35. The lowest BCUT2D eigenvalue weighted by Crippen LogP contribution is -2.51. The molecule has 8 heteroatoms. The van der Waals surface area contributed by atoms with Gasteiger partial charge >= 0.3 is 12.1 Å². The normalized spacial score (nSPS) is 21.9. The molecule has 0 atom stereocenters. The topological polar surface area (TPSA) is 108 Å². The molecule has 35 heavy (non-hydrogen) atoms. The fourth-order valence-corrected chi connectivity index (χ4v) is 5.46. The summed E-state index contributed by atoms with van der Waals surface area (Å²) in [5.41, 5.74) is 4.78. The maximum Gasteiger partial charge on any atom is 0.407 e. The molecule has 1 heterocycles. The Kier molecular flexibility index (Phi) is 6.72. The summed E-state index contributed by atoms with van der Waals surface area (Å²) in [5.74, 6) is -1.15. The smallest absolute Gasteiger partial charge is 0.407 e. The van der Waals surface area contributed by atoms with Crippen molar-refractivity contribution in [3.05, 3.63) is 59.7 Å². The van der Waals surface area contributed by atoms with Crippen molar-refractivity contribution in [2.75, 3.05) is 26.2 Å². The molecule has 1 aliphatic heterocycles. The highest BCUT2D eigenvalue weighted by Gasteiger charge is 2.35. The van der Waals surface area contributed by atoms with Crippen LogP contribution in [0.2, 0.25) is 0 Å². The summed E-state index contributed by atoms with van der Waals surface area (Å²) < 4.78 is 5.65. The van der Waals surface area contributed by atoms with Crippen LogP contribution >= 0.6 is 0 Å². The van der Waals surface area contributed by atoms with E-state index in [-0.39, 0.29) is 29.8 Å². The van der Waals surface area contributed by atoms with Gasteiger partial charge in [-0.25, -0.2) is 4.79 Å². The largest absolute Gasteiger partial charge is 0.481 e. The Morgan fingerprint density at radius 1 is 0.886 bits per heavy atom. The highest BCUT2D eigenvalue weighted by Crippen LogP contribution is 2.44.